The van der Waals surface area contributed by atoms with Gasteiger partial charge in [0, 0.05) is 24.3 Å². The molecule has 0 saturated carbocycles. The highest BCUT2D eigenvalue weighted by atomic mass is 19.1. The number of alkyl halides is 1. The number of piperidine rings is 1. The van der Waals surface area contributed by atoms with Gasteiger partial charge in [-0.3, -0.25) is 0 Å². The monoisotopic (exact) mass is 275 g/mol. The first-order valence-corrected chi connectivity index (χ1v) is 7.36. The van der Waals surface area contributed by atoms with Crippen molar-refractivity contribution in [3.63, 3.8) is 0 Å². The summed E-state index contributed by atoms with van der Waals surface area (Å²) in [6, 6.07) is 4.24. The van der Waals surface area contributed by atoms with Crippen molar-refractivity contribution in [2.24, 2.45) is 0 Å². The fourth-order valence-corrected chi connectivity index (χ4v) is 3.27. The molecule has 3 nitrogen and oxygen atoms in total. The zero-order valence-electron chi connectivity index (χ0n) is 12.2. The fraction of sp³-hybridized carbons (Fsp3) is 0.562. The second-order valence-corrected chi connectivity index (χ2v) is 6.41. The van der Waals surface area contributed by atoms with E-state index >= 15 is 0 Å². The summed E-state index contributed by atoms with van der Waals surface area (Å²) in [5.74, 6) is 0.565. The van der Waals surface area contributed by atoms with Crippen LogP contribution in [0.15, 0.2) is 24.5 Å². The van der Waals surface area contributed by atoms with Gasteiger partial charge >= 0.3 is 0 Å². The molecule has 0 unspecified atom stereocenters. The number of aromatic amines is 1. The fourth-order valence-electron chi connectivity index (χ4n) is 3.27. The summed E-state index contributed by atoms with van der Waals surface area (Å²) in [5.41, 5.74) is 1.25. The molecule has 3 rings (SSSR count). The zero-order chi connectivity index (χ0) is 14.2. The summed E-state index contributed by atoms with van der Waals surface area (Å²) >= 11 is 0. The summed E-state index contributed by atoms with van der Waals surface area (Å²) in [4.78, 5) is 9.75. The first kappa shape index (κ1) is 13.6. The third kappa shape index (κ3) is 2.85. The van der Waals surface area contributed by atoms with Gasteiger partial charge < -0.3 is 9.88 Å². The maximum absolute atomic E-state index is 13.7. The van der Waals surface area contributed by atoms with Gasteiger partial charge in [0.15, 0.2) is 0 Å². The van der Waals surface area contributed by atoms with Gasteiger partial charge in [0.25, 0.3) is 0 Å². The van der Waals surface area contributed by atoms with Gasteiger partial charge in [0.1, 0.15) is 11.3 Å². The Morgan fingerprint density at radius 1 is 1.35 bits per heavy atom. The van der Waals surface area contributed by atoms with E-state index in [2.05, 4.69) is 27.0 Å². The molecule has 0 spiro atoms. The number of halogens is 1. The highest BCUT2D eigenvalue weighted by Crippen LogP contribution is 2.32. The van der Waals surface area contributed by atoms with Crippen LogP contribution in [-0.4, -0.2) is 40.2 Å². The van der Waals surface area contributed by atoms with E-state index in [1.165, 1.54) is 10.9 Å². The number of nitrogens with one attached hydrogen (secondary N) is 1. The van der Waals surface area contributed by atoms with Gasteiger partial charge in [-0.15, -0.1) is 0 Å². The molecule has 1 fully saturated rings. The Balaban J connectivity index is 1.71. The molecule has 3 heterocycles. The molecule has 1 aliphatic rings. The summed E-state index contributed by atoms with van der Waals surface area (Å²) in [6.07, 6.45) is 6.02. The lowest BCUT2D eigenvalue weighted by Gasteiger charge is -2.34. The maximum Gasteiger partial charge on any atom is 0.137 e. The maximum atomic E-state index is 13.7. The van der Waals surface area contributed by atoms with Crippen LogP contribution >= 0.6 is 0 Å². The number of fused-ring (bicyclic) bond motifs is 1. The molecule has 1 N–H and O–H groups in total. The van der Waals surface area contributed by atoms with E-state index in [9.17, 15) is 4.39 Å². The van der Waals surface area contributed by atoms with Crippen LogP contribution in [-0.2, 0) is 0 Å². The summed E-state index contributed by atoms with van der Waals surface area (Å²) < 4.78 is 13.7. The van der Waals surface area contributed by atoms with Gasteiger partial charge in [0.05, 0.1) is 0 Å². The minimum absolute atomic E-state index is 0.537. The van der Waals surface area contributed by atoms with Crippen LogP contribution in [0.25, 0.3) is 11.0 Å². The molecule has 0 bridgehead atoms. The molecule has 108 valence electrons. The van der Waals surface area contributed by atoms with Gasteiger partial charge in [-0.25, -0.2) is 9.37 Å². The average Bonchev–Trinajstić information content (AvgIpc) is 2.86. The number of nitrogens with zero attached hydrogens (tertiary/aromatic N) is 2. The lowest BCUT2D eigenvalue weighted by Crippen LogP contribution is -2.40. The quantitative estimate of drug-likeness (QED) is 0.930. The topological polar surface area (TPSA) is 31.9 Å². The van der Waals surface area contributed by atoms with Crippen molar-refractivity contribution in [1.29, 1.82) is 0 Å². The van der Waals surface area contributed by atoms with Crippen LogP contribution in [0.3, 0.4) is 0 Å². The van der Waals surface area contributed by atoms with Crippen LogP contribution < -0.4 is 0 Å². The Morgan fingerprint density at radius 3 is 2.80 bits per heavy atom. The van der Waals surface area contributed by atoms with E-state index in [1.54, 1.807) is 13.8 Å². The van der Waals surface area contributed by atoms with Gasteiger partial charge in [-0.1, -0.05) is 0 Å². The molecule has 2 aromatic heterocycles. The molecule has 1 saturated heterocycles. The van der Waals surface area contributed by atoms with E-state index in [4.69, 9.17) is 0 Å². The highest BCUT2D eigenvalue weighted by molar-refractivity contribution is 5.79. The molecular weight excluding hydrogens is 253 g/mol. The Hall–Kier alpha value is -1.42. The molecule has 1 aliphatic heterocycles. The van der Waals surface area contributed by atoms with E-state index in [0.717, 1.165) is 31.6 Å². The Bertz CT molecular complexity index is 577. The Morgan fingerprint density at radius 2 is 2.10 bits per heavy atom. The number of hydrogen-bond donors (Lipinski definition) is 1. The minimum atomic E-state index is -1.10. The smallest absolute Gasteiger partial charge is 0.137 e. The van der Waals surface area contributed by atoms with Crippen molar-refractivity contribution in [3.8, 4) is 0 Å². The van der Waals surface area contributed by atoms with Crippen molar-refractivity contribution in [2.45, 2.75) is 38.3 Å². The molecule has 2 aromatic rings. The van der Waals surface area contributed by atoms with Crippen LogP contribution in [0, 0.1) is 0 Å². The van der Waals surface area contributed by atoms with E-state index in [1.807, 2.05) is 12.4 Å². The zero-order valence-corrected chi connectivity index (χ0v) is 12.2. The molecule has 4 heteroatoms. The molecule has 0 amide bonds. The van der Waals surface area contributed by atoms with E-state index in [0.29, 0.717) is 12.5 Å². The average molecular weight is 275 g/mol. The van der Waals surface area contributed by atoms with Crippen LogP contribution in [0.1, 0.15) is 38.2 Å². The third-order valence-corrected chi connectivity index (χ3v) is 4.12. The van der Waals surface area contributed by atoms with Crippen LogP contribution in [0.2, 0.25) is 0 Å². The van der Waals surface area contributed by atoms with Crippen molar-refractivity contribution >= 4 is 11.0 Å². The Kier molecular flexibility index (Phi) is 3.50. The second-order valence-electron chi connectivity index (χ2n) is 6.41. The SMILES string of the molecule is CC(C)(F)CN1CCC(c2ccnc3[nH]ccc23)CC1. The molecular formula is C16H22FN3. The molecule has 0 radical (unpaired) electrons. The van der Waals surface area contributed by atoms with E-state index in [-0.39, 0.29) is 0 Å². The van der Waals surface area contributed by atoms with Gasteiger partial charge in [-0.2, -0.15) is 0 Å². The first-order chi connectivity index (χ1) is 9.53. The summed E-state index contributed by atoms with van der Waals surface area (Å²) in [6.45, 7) is 5.81. The standard InChI is InChI=1S/C16H22FN3/c1-16(2,17)11-20-9-5-12(6-10-20)13-3-7-18-15-14(13)4-8-19-15/h3-4,7-8,12H,5-6,9-11H2,1-2H3,(H,18,19). The highest BCUT2D eigenvalue weighted by Gasteiger charge is 2.26. The number of H-pyrrole nitrogens is 1. The normalized spacial score (nSPS) is 18.8. The Labute approximate surface area is 119 Å². The van der Waals surface area contributed by atoms with E-state index < -0.39 is 5.67 Å². The van der Waals surface area contributed by atoms with Crippen molar-refractivity contribution in [1.82, 2.24) is 14.9 Å². The molecule has 20 heavy (non-hydrogen) atoms. The summed E-state index contributed by atoms with van der Waals surface area (Å²) in [5, 5.41) is 1.23. The number of pyridine rings is 1. The van der Waals surface area contributed by atoms with Gasteiger partial charge in [0.2, 0.25) is 0 Å². The van der Waals surface area contributed by atoms with Crippen molar-refractivity contribution in [3.05, 3.63) is 30.1 Å². The predicted molar refractivity (Wildman–Crippen MR) is 79.7 cm³/mol. The second kappa shape index (κ2) is 5.17. The van der Waals surface area contributed by atoms with Crippen LogP contribution in [0.5, 0.6) is 0 Å². The minimum Gasteiger partial charge on any atom is -0.346 e. The molecule has 0 atom stereocenters. The lowest BCUT2D eigenvalue weighted by atomic mass is 9.88. The van der Waals surface area contributed by atoms with Crippen molar-refractivity contribution < 1.29 is 4.39 Å². The van der Waals surface area contributed by atoms with Gasteiger partial charge in [-0.05, 0) is 63.4 Å². The van der Waals surface area contributed by atoms with Crippen molar-refractivity contribution in [2.75, 3.05) is 19.6 Å². The molecule has 0 aliphatic carbocycles. The number of likely N-dealkylation sites (tertiary alicyclic amines) is 1. The number of aromatic nitrogens is 2. The number of hydrogen-bond acceptors (Lipinski definition) is 2. The largest absolute Gasteiger partial charge is 0.346 e. The molecule has 0 aromatic carbocycles. The summed E-state index contributed by atoms with van der Waals surface area (Å²) in [7, 11) is 0. The third-order valence-electron chi connectivity index (χ3n) is 4.12. The van der Waals surface area contributed by atoms with Crippen LogP contribution in [0.4, 0.5) is 4.39 Å². The first-order valence-electron chi connectivity index (χ1n) is 7.36. The predicted octanol–water partition coefficient (Wildman–Crippen LogP) is 3.49. The lowest BCUT2D eigenvalue weighted by molar-refractivity contribution is 0.106. The number of rotatable bonds is 3.